The summed E-state index contributed by atoms with van der Waals surface area (Å²) in [5, 5.41) is 12.4. The molecule has 0 saturated heterocycles. The molecule has 0 aliphatic rings. The van der Waals surface area contributed by atoms with Gasteiger partial charge in [-0.15, -0.1) is 0 Å². The number of carbonyl (C=O) groups is 2. The summed E-state index contributed by atoms with van der Waals surface area (Å²) in [5.41, 5.74) is 0.106. The first-order valence-electron chi connectivity index (χ1n) is 12.6. The molecule has 0 heterocycles. The van der Waals surface area contributed by atoms with E-state index in [1.54, 1.807) is 6.07 Å². The van der Waals surface area contributed by atoms with E-state index in [2.05, 4.69) is 60.0 Å². The van der Waals surface area contributed by atoms with Gasteiger partial charge in [0.25, 0.3) is 5.91 Å². The van der Waals surface area contributed by atoms with Crippen LogP contribution in [0.15, 0.2) is 19.5 Å². The zero-order valence-electron chi connectivity index (χ0n) is 20.0. The van der Waals surface area contributed by atoms with Crippen LogP contribution in [0, 0.1) is 0 Å². The van der Waals surface area contributed by atoms with Gasteiger partial charge in [0.15, 0.2) is 0 Å². The Kier molecular flexibility index (Phi) is 17.5. The fourth-order valence-corrected chi connectivity index (χ4v) is 5.80. The maximum Gasteiger partial charge on any atom is 0.337 e. The molecule has 1 aromatic rings. The SMILES string of the molecule is CCCCCCCCCCCCCCCCCCNC(=O)c1c(Br)c(Br)cc(Br)c1C(=O)O. The van der Waals surface area contributed by atoms with Gasteiger partial charge in [-0.25, -0.2) is 4.79 Å². The van der Waals surface area contributed by atoms with Crippen LogP contribution < -0.4 is 5.32 Å². The van der Waals surface area contributed by atoms with Gasteiger partial charge in [-0.05, 0) is 60.3 Å². The van der Waals surface area contributed by atoms with Crippen molar-refractivity contribution in [3.8, 4) is 0 Å². The summed E-state index contributed by atoms with van der Waals surface area (Å²) in [7, 11) is 0. The molecule has 2 N–H and O–H groups in total. The van der Waals surface area contributed by atoms with E-state index >= 15 is 0 Å². The van der Waals surface area contributed by atoms with Crippen LogP contribution in [-0.4, -0.2) is 23.5 Å². The summed E-state index contributed by atoms with van der Waals surface area (Å²) < 4.78 is 1.46. The van der Waals surface area contributed by atoms with E-state index in [1.165, 1.54) is 89.9 Å². The highest BCUT2D eigenvalue weighted by Crippen LogP contribution is 2.34. The lowest BCUT2D eigenvalue weighted by atomic mass is 10.0. The molecule has 0 fully saturated rings. The minimum absolute atomic E-state index is 0.0328. The van der Waals surface area contributed by atoms with Crippen molar-refractivity contribution in [3.05, 3.63) is 30.6 Å². The molecular weight excluding hydrogens is 614 g/mol. The fraction of sp³-hybridized carbons (Fsp3) is 0.692. The van der Waals surface area contributed by atoms with Gasteiger partial charge in [-0.3, -0.25) is 4.79 Å². The van der Waals surface area contributed by atoms with Crippen molar-refractivity contribution in [2.24, 2.45) is 0 Å². The van der Waals surface area contributed by atoms with Crippen LogP contribution in [-0.2, 0) is 0 Å². The topological polar surface area (TPSA) is 66.4 Å². The van der Waals surface area contributed by atoms with Crippen LogP contribution >= 0.6 is 47.8 Å². The minimum Gasteiger partial charge on any atom is -0.478 e. The van der Waals surface area contributed by atoms with E-state index in [0.717, 1.165) is 12.8 Å². The number of carboxylic acids is 1. The van der Waals surface area contributed by atoms with E-state index in [9.17, 15) is 14.7 Å². The van der Waals surface area contributed by atoms with E-state index in [1.807, 2.05) is 0 Å². The predicted molar refractivity (Wildman–Crippen MR) is 148 cm³/mol. The second-order valence-electron chi connectivity index (χ2n) is 8.77. The third-order valence-electron chi connectivity index (χ3n) is 5.93. The average Bonchev–Trinajstić information content (AvgIpc) is 2.77. The van der Waals surface area contributed by atoms with Crippen LogP contribution in [0.25, 0.3) is 0 Å². The van der Waals surface area contributed by atoms with Crippen LogP contribution in [0.1, 0.15) is 130 Å². The first-order valence-corrected chi connectivity index (χ1v) is 15.0. The number of rotatable bonds is 19. The number of benzene rings is 1. The highest BCUT2D eigenvalue weighted by Gasteiger charge is 2.24. The van der Waals surface area contributed by atoms with Crippen molar-refractivity contribution in [1.29, 1.82) is 0 Å². The van der Waals surface area contributed by atoms with Gasteiger partial charge >= 0.3 is 5.97 Å². The Bertz CT molecular complexity index is 725. The number of hydrogen-bond acceptors (Lipinski definition) is 2. The molecule has 4 nitrogen and oxygen atoms in total. The maximum atomic E-state index is 12.6. The van der Waals surface area contributed by atoms with E-state index in [0.29, 0.717) is 20.0 Å². The first-order chi connectivity index (χ1) is 15.9. The maximum absolute atomic E-state index is 12.6. The average molecular weight is 654 g/mol. The number of amides is 1. The first kappa shape index (κ1) is 30.6. The number of aromatic carboxylic acids is 1. The van der Waals surface area contributed by atoms with Crippen LogP contribution in [0.2, 0.25) is 0 Å². The Morgan fingerprint density at radius 2 is 1.12 bits per heavy atom. The molecule has 1 amide bonds. The van der Waals surface area contributed by atoms with E-state index < -0.39 is 5.97 Å². The molecule has 0 unspecified atom stereocenters. The van der Waals surface area contributed by atoms with Gasteiger partial charge in [0.2, 0.25) is 0 Å². The summed E-state index contributed by atoms with van der Waals surface area (Å²) in [5.74, 6) is -1.51. The Morgan fingerprint density at radius 3 is 1.55 bits per heavy atom. The number of unbranched alkanes of at least 4 members (excludes halogenated alkanes) is 15. The number of nitrogens with one attached hydrogen (secondary N) is 1. The number of carbonyl (C=O) groups excluding carboxylic acids is 1. The van der Waals surface area contributed by atoms with Crippen molar-refractivity contribution >= 4 is 59.7 Å². The highest BCUT2D eigenvalue weighted by molar-refractivity contribution is 9.13. The Hall–Kier alpha value is -0.400. The highest BCUT2D eigenvalue weighted by atomic mass is 79.9. The summed E-state index contributed by atoms with van der Waals surface area (Å²) >= 11 is 9.93. The summed E-state index contributed by atoms with van der Waals surface area (Å²) in [4.78, 5) is 24.2. The molecular formula is C26H40Br3NO3. The smallest absolute Gasteiger partial charge is 0.337 e. The largest absolute Gasteiger partial charge is 0.478 e. The van der Waals surface area contributed by atoms with Crippen molar-refractivity contribution in [2.45, 2.75) is 110 Å². The minimum atomic E-state index is -1.14. The van der Waals surface area contributed by atoms with Gasteiger partial charge in [0.05, 0.1) is 11.1 Å². The fourth-order valence-electron chi connectivity index (χ4n) is 3.98. The lowest BCUT2D eigenvalue weighted by molar-refractivity contribution is 0.0689. The second kappa shape index (κ2) is 18.9. The van der Waals surface area contributed by atoms with Crippen LogP contribution in [0.5, 0.6) is 0 Å². The molecule has 7 heteroatoms. The Balaban J connectivity index is 2.08. The van der Waals surface area contributed by atoms with Crippen LogP contribution in [0.3, 0.4) is 0 Å². The molecule has 33 heavy (non-hydrogen) atoms. The molecule has 0 aliphatic carbocycles. The molecule has 1 rings (SSSR count). The van der Waals surface area contributed by atoms with E-state index in [-0.39, 0.29) is 17.0 Å². The Labute approximate surface area is 225 Å². The molecule has 0 radical (unpaired) electrons. The van der Waals surface area contributed by atoms with Gasteiger partial charge in [0, 0.05) is 20.0 Å². The third-order valence-corrected chi connectivity index (χ3v) is 8.53. The van der Waals surface area contributed by atoms with Crippen LogP contribution in [0.4, 0.5) is 0 Å². The summed E-state index contributed by atoms with van der Waals surface area (Å²) in [6.45, 7) is 2.82. The standard InChI is InChI=1S/C26H40Br3NO3/c1-2-3-4-5-6-7-8-9-10-11-12-13-14-15-16-17-18-30-25(31)23-22(26(32)33)20(27)19-21(28)24(23)29/h19H,2-18H2,1H3,(H,30,31)(H,32,33). The van der Waals surface area contributed by atoms with Gasteiger partial charge < -0.3 is 10.4 Å². The second-order valence-corrected chi connectivity index (χ2v) is 11.3. The normalized spacial score (nSPS) is 11.0. The zero-order chi connectivity index (χ0) is 24.5. The van der Waals surface area contributed by atoms with Crippen molar-refractivity contribution < 1.29 is 14.7 Å². The quantitative estimate of drug-likeness (QED) is 0.115. The van der Waals surface area contributed by atoms with Gasteiger partial charge in [0.1, 0.15) is 0 Å². The molecule has 1 aromatic carbocycles. The number of halogens is 3. The van der Waals surface area contributed by atoms with Gasteiger partial charge in [-0.2, -0.15) is 0 Å². The van der Waals surface area contributed by atoms with Crippen molar-refractivity contribution in [3.63, 3.8) is 0 Å². The monoisotopic (exact) mass is 651 g/mol. The number of carboxylic acid groups (broad SMARTS) is 1. The molecule has 0 atom stereocenters. The number of hydrogen-bond donors (Lipinski definition) is 2. The van der Waals surface area contributed by atoms with E-state index in [4.69, 9.17) is 0 Å². The molecule has 0 spiro atoms. The van der Waals surface area contributed by atoms with Crippen molar-refractivity contribution in [2.75, 3.05) is 6.54 Å². The predicted octanol–water partition coefficient (Wildman–Crippen LogP) is 9.66. The lowest BCUT2D eigenvalue weighted by Gasteiger charge is -2.13. The molecule has 0 bridgehead atoms. The lowest BCUT2D eigenvalue weighted by Crippen LogP contribution is -2.27. The molecule has 0 saturated carbocycles. The Morgan fingerprint density at radius 1 is 0.697 bits per heavy atom. The van der Waals surface area contributed by atoms with Crippen molar-refractivity contribution in [1.82, 2.24) is 5.32 Å². The molecule has 0 aliphatic heterocycles. The third kappa shape index (κ3) is 12.7. The summed E-state index contributed by atoms with van der Waals surface area (Å²) in [6, 6.07) is 1.62. The molecule has 0 aromatic heterocycles. The molecule has 188 valence electrons. The zero-order valence-corrected chi connectivity index (χ0v) is 24.8. The summed E-state index contributed by atoms with van der Waals surface area (Å²) in [6.07, 6.45) is 20.9. The van der Waals surface area contributed by atoms with Gasteiger partial charge in [-0.1, -0.05) is 103 Å².